The standard InChI is InChI=1S/C16H17ClS/c1-12-4-3-5-13(10-12)11-16(17)14-6-8-15(18-2)9-7-14/h3-10,16H,11H2,1-2H3. The molecule has 1 atom stereocenters. The third kappa shape index (κ3) is 3.54. The highest BCUT2D eigenvalue weighted by molar-refractivity contribution is 7.98. The lowest BCUT2D eigenvalue weighted by Gasteiger charge is -2.11. The van der Waals surface area contributed by atoms with Crippen LogP contribution in [-0.4, -0.2) is 6.26 Å². The zero-order valence-corrected chi connectivity index (χ0v) is 12.3. The average molecular weight is 277 g/mol. The van der Waals surface area contributed by atoms with Crippen LogP contribution in [0, 0.1) is 6.92 Å². The number of thioether (sulfide) groups is 1. The SMILES string of the molecule is CSc1ccc(C(Cl)Cc2cccc(C)c2)cc1. The van der Waals surface area contributed by atoms with Crippen molar-refractivity contribution in [1.29, 1.82) is 0 Å². The second-order valence-electron chi connectivity index (χ2n) is 4.43. The summed E-state index contributed by atoms with van der Waals surface area (Å²) in [6.07, 6.45) is 2.96. The van der Waals surface area contributed by atoms with Gasteiger partial charge >= 0.3 is 0 Å². The third-order valence-corrected chi connectivity index (χ3v) is 4.12. The fourth-order valence-electron chi connectivity index (χ4n) is 1.98. The van der Waals surface area contributed by atoms with E-state index in [0.717, 1.165) is 6.42 Å². The first-order valence-corrected chi connectivity index (χ1v) is 7.68. The van der Waals surface area contributed by atoms with Gasteiger partial charge in [0.15, 0.2) is 0 Å². The first-order chi connectivity index (χ1) is 8.69. The Labute approximate surface area is 118 Å². The summed E-state index contributed by atoms with van der Waals surface area (Å²) in [4.78, 5) is 1.28. The molecule has 2 heteroatoms. The van der Waals surface area contributed by atoms with Crippen molar-refractivity contribution in [1.82, 2.24) is 0 Å². The summed E-state index contributed by atoms with van der Waals surface area (Å²) in [6.45, 7) is 2.11. The highest BCUT2D eigenvalue weighted by Gasteiger charge is 2.08. The highest BCUT2D eigenvalue weighted by atomic mass is 35.5. The fraction of sp³-hybridized carbons (Fsp3) is 0.250. The molecule has 0 saturated heterocycles. The third-order valence-electron chi connectivity index (χ3n) is 2.97. The van der Waals surface area contributed by atoms with E-state index in [0.29, 0.717) is 0 Å². The molecule has 18 heavy (non-hydrogen) atoms. The molecular weight excluding hydrogens is 260 g/mol. The van der Waals surface area contributed by atoms with Gasteiger partial charge in [-0.1, -0.05) is 42.0 Å². The number of hydrogen-bond acceptors (Lipinski definition) is 1. The quantitative estimate of drug-likeness (QED) is 0.544. The van der Waals surface area contributed by atoms with Crippen molar-refractivity contribution >= 4 is 23.4 Å². The van der Waals surface area contributed by atoms with Crippen LogP contribution in [-0.2, 0) is 6.42 Å². The lowest BCUT2D eigenvalue weighted by molar-refractivity contribution is 0.916. The molecule has 0 saturated carbocycles. The normalized spacial score (nSPS) is 12.4. The topological polar surface area (TPSA) is 0 Å². The average Bonchev–Trinajstić information content (AvgIpc) is 2.39. The molecule has 0 aliphatic carbocycles. The molecule has 1 unspecified atom stereocenters. The van der Waals surface area contributed by atoms with Crippen molar-refractivity contribution in [2.24, 2.45) is 0 Å². The van der Waals surface area contributed by atoms with Gasteiger partial charge in [-0.2, -0.15) is 0 Å². The van der Waals surface area contributed by atoms with Crippen molar-refractivity contribution < 1.29 is 0 Å². The van der Waals surface area contributed by atoms with Gasteiger partial charge in [0.25, 0.3) is 0 Å². The number of alkyl halides is 1. The number of benzene rings is 2. The molecule has 0 aromatic heterocycles. The summed E-state index contributed by atoms with van der Waals surface area (Å²) in [5.74, 6) is 0. The van der Waals surface area contributed by atoms with E-state index in [-0.39, 0.29) is 5.38 Å². The molecule has 2 aromatic rings. The Morgan fingerprint density at radius 3 is 2.44 bits per heavy atom. The molecule has 0 amide bonds. The molecule has 0 heterocycles. The Bertz CT molecular complexity index is 505. The molecule has 0 aliphatic heterocycles. The number of aryl methyl sites for hydroxylation is 1. The maximum Gasteiger partial charge on any atom is 0.0625 e. The molecule has 2 rings (SSSR count). The molecule has 2 aromatic carbocycles. The Kier molecular flexibility index (Phi) is 4.73. The maximum atomic E-state index is 6.48. The molecule has 0 N–H and O–H groups in total. The summed E-state index contributed by atoms with van der Waals surface area (Å²) < 4.78 is 0. The lowest BCUT2D eigenvalue weighted by atomic mass is 10.0. The predicted molar refractivity (Wildman–Crippen MR) is 81.7 cm³/mol. The van der Waals surface area contributed by atoms with Gasteiger partial charge < -0.3 is 0 Å². The van der Waals surface area contributed by atoms with E-state index in [1.165, 1.54) is 21.6 Å². The molecule has 0 spiro atoms. The van der Waals surface area contributed by atoms with Crippen LogP contribution >= 0.6 is 23.4 Å². The summed E-state index contributed by atoms with van der Waals surface area (Å²) in [6, 6.07) is 17.0. The molecule has 0 bridgehead atoms. The summed E-state index contributed by atoms with van der Waals surface area (Å²) in [5.41, 5.74) is 3.77. The van der Waals surface area contributed by atoms with Gasteiger partial charge in [-0.25, -0.2) is 0 Å². The van der Waals surface area contributed by atoms with Gasteiger partial charge in [-0.15, -0.1) is 23.4 Å². The fourth-order valence-corrected chi connectivity index (χ4v) is 2.71. The van der Waals surface area contributed by atoms with E-state index in [2.05, 4.69) is 61.7 Å². The van der Waals surface area contributed by atoms with Crippen molar-refractivity contribution in [3.63, 3.8) is 0 Å². The number of hydrogen-bond donors (Lipinski definition) is 0. The minimum Gasteiger partial charge on any atom is -0.130 e. The van der Waals surface area contributed by atoms with Gasteiger partial charge in [0.1, 0.15) is 0 Å². The zero-order valence-electron chi connectivity index (χ0n) is 10.7. The van der Waals surface area contributed by atoms with Crippen LogP contribution in [0.4, 0.5) is 0 Å². The number of halogens is 1. The smallest absolute Gasteiger partial charge is 0.0625 e. The van der Waals surface area contributed by atoms with E-state index in [1.807, 2.05) is 0 Å². The second-order valence-corrected chi connectivity index (χ2v) is 5.84. The Hall–Kier alpha value is -0.920. The zero-order chi connectivity index (χ0) is 13.0. The van der Waals surface area contributed by atoms with Crippen LogP contribution in [0.15, 0.2) is 53.4 Å². The van der Waals surface area contributed by atoms with E-state index in [4.69, 9.17) is 11.6 Å². The van der Waals surface area contributed by atoms with E-state index < -0.39 is 0 Å². The van der Waals surface area contributed by atoms with Crippen LogP contribution in [0.2, 0.25) is 0 Å². The first-order valence-electron chi connectivity index (χ1n) is 6.02. The second kappa shape index (κ2) is 6.31. The molecular formula is C16H17ClS. The van der Waals surface area contributed by atoms with Crippen LogP contribution in [0.5, 0.6) is 0 Å². The van der Waals surface area contributed by atoms with Gasteiger partial charge in [0.05, 0.1) is 5.38 Å². The molecule has 0 aliphatic rings. The molecule has 0 radical (unpaired) electrons. The van der Waals surface area contributed by atoms with Crippen molar-refractivity contribution in [2.45, 2.75) is 23.6 Å². The van der Waals surface area contributed by atoms with Crippen molar-refractivity contribution in [2.75, 3.05) is 6.26 Å². The van der Waals surface area contributed by atoms with Crippen LogP contribution in [0.3, 0.4) is 0 Å². The lowest BCUT2D eigenvalue weighted by Crippen LogP contribution is -1.96. The summed E-state index contributed by atoms with van der Waals surface area (Å²) >= 11 is 8.23. The summed E-state index contributed by atoms with van der Waals surface area (Å²) in [7, 11) is 0. The molecule has 94 valence electrons. The van der Waals surface area contributed by atoms with E-state index in [1.54, 1.807) is 11.8 Å². The minimum absolute atomic E-state index is 0.0442. The molecule has 0 nitrogen and oxygen atoms in total. The summed E-state index contributed by atoms with van der Waals surface area (Å²) in [5, 5.41) is 0.0442. The maximum absolute atomic E-state index is 6.48. The first kappa shape index (κ1) is 13.5. The minimum atomic E-state index is 0.0442. The van der Waals surface area contributed by atoms with Gasteiger partial charge in [0.2, 0.25) is 0 Å². The van der Waals surface area contributed by atoms with Crippen LogP contribution in [0.1, 0.15) is 22.1 Å². The van der Waals surface area contributed by atoms with E-state index >= 15 is 0 Å². The van der Waals surface area contributed by atoms with E-state index in [9.17, 15) is 0 Å². The van der Waals surface area contributed by atoms with Crippen molar-refractivity contribution in [3.05, 3.63) is 65.2 Å². The van der Waals surface area contributed by atoms with Crippen LogP contribution in [0.25, 0.3) is 0 Å². The Morgan fingerprint density at radius 2 is 1.83 bits per heavy atom. The van der Waals surface area contributed by atoms with Gasteiger partial charge in [-0.05, 0) is 42.9 Å². The Balaban J connectivity index is 2.09. The van der Waals surface area contributed by atoms with Crippen LogP contribution < -0.4 is 0 Å². The van der Waals surface area contributed by atoms with Gasteiger partial charge in [0, 0.05) is 4.90 Å². The number of rotatable bonds is 4. The Morgan fingerprint density at radius 1 is 1.11 bits per heavy atom. The highest BCUT2D eigenvalue weighted by Crippen LogP contribution is 2.27. The van der Waals surface area contributed by atoms with Crippen molar-refractivity contribution in [3.8, 4) is 0 Å². The predicted octanol–water partition coefficient (Wildman–Crippen LogP) is 5.24. The molecule has 0 fully saturated rings. The van der Waals surface area contributed by atoms with Gasteiger partial charge in [-0.3, -0.25) is 0 Å². The largest absolute Gasteiger partial charge is 0.130 e. The monoisotopic (exact) mass is 276 g/mol.